The van der Waals surface area contributed by atoms with Crippen molar-refractivity contribution >= 4 is 0 Å². The van der Waals surface area contributed by atoms with Crippen LogP contribution in [-0.4, -0.2) is 26.9 Å². The molecule has 0 bridgehead atoms. The number of para-hydroxylation sites is 1. The summed E-state index contributed by atoms with van der Waals surface area (Å²) in [6, 6.07) is 16.2. The van der Waals surface area contributed by atoms with Gasteiger partial charge >= 0.3 is 0 Å². The third-order valence-electron chi connectivity index (χ3n) is 3.47. The van der Waals surface area contributed by atoms with Crippen LogP contribution in [-0.2, 0) is 17.8 Å². The Balaban J connectivity index is 1.82. The highest BCUT2D eigenvalue weighted by Gasteiger charge is 2.03. The summed E-state index contributed by atoms with van der Waals surface area (Å²) in [5, 5.41) is 3.45. The molecule has 0 aliphatic rings. The van der Waals surface area contributed by atoms with Gasteiger partial charge in [0, 0.05) is 25.3 Å². The fourth-order valence-electron chi connectivity index (χ4n) is 2.23. The van der Waals surface area contributed by atoms with E-state index in [9.17, 15) is 0 Å². The Morgan fingerprint density at radius 1 is 0.913 bits per heavy atom. The fourth-order valence-corrected chi connectivity index (χ4v) is 2.23. The quantitative estimate of drug-likeness (QED) is 0.682. The van der Waals surface area contributed by atoms with Gasteiger partial charge in [-0.15, -0.1) is 0 Å². The minimum atomic E-state index is 0.573. The highest BCUT2D eigenvalue weighted by atomic mass is 16.5. The second kappa shape index (κ2) is 9.87. The predicted octanol–water partition coefficient (Wildman–Crippen LogP) is 3.40. The first-order valence-corrected chi connectivity index (χ1v) is 7.95. The molecule has 0 aromatic heterocycles. The van der Waals surface area contributed by atoms with Crippen LogP contribution in [0.25, 0.3) is 0 Å². The Bertz CT molecular complexity index is 569. The fraction of sp³-hybridized carbons (Fsp3) is 0.368. The molecule has 124 valence electrons. The van der Waals surface area contributed by atoms with E-state index >= 15 is 0 Å². The maximum Gasteiger partial charge on any atom is 0.123 e. The molecular formula is C19H25NO3. The second-order valence-electron chi connectivity index (χ2n) is 5.10. The summed E-state index contributed by atoms with van der Waals surface area (Å²) in [5.74, 6) is 1.79. The number of hydrogen-bond donors (Lipinski definition) is 1. The molecule has 0 spiro atoms. The summed E-state index contributed by atoms with van der Waals surface area (Å²) < 4.78 is 16.3. The molecule has 0 amide bonds. The summed E-state index contributed by atoms with van der Waals surface area (Å²) in [6.07, 6.45) is 0. The number of nitrogens with one attached hydrogen (secondary N) is 1. The van der Waals surface area contributed by atoms with Crippen LogP contribution in [0, 0.1) is 0 Å². The largest absolute Gasteiger partial charge is 0.497 e. The molecule has 0 unspecified atom stereocenters. The number of hydrogen-bond acceptors (Lipinski definition) is 4. The van der Waals surface area contributed by atoms with E-state index < -0.39 is 0 Å². The molecule has 0 saturated carbocycles. The molecule has 2 aromatic carbocycles. The highest BCUT2D eigenvalue weighted by Crippen LogP contribution is 2.18. The predicted molar refractivity (Wildman–Crippen MR) is 92.0 cm³/mol. The van der Waals surface area contributed by atoms with Gasteiger partial charge in [-0.1, -0.05) is 30.3 Å². The zero-order chi connectivity index (χ0) is 16.3. The average Bonchev–Trinajstić information content (AvgIpc) is 2.60. The minimum absolute atomic E-state index is 0.573. The Labute approximate surface area is 138 Å². The lowest BCUT2D eigenvalue weighted by Gasteiger charge is -2.12. The van der Waals surface area contributed by atoms with Crippen LogP contribution in [0.5, 0.6) is 11.5 Å². The summed E-state index contributed by atoms with van der Waals surface area (Å²) in [4.78, 5) is 0. The zero-order valence-corrected chi connectivity index (χ0v) is 13.9. The van der Waals surface area contributed by atoms with Crippen LogP contribution in [0.3, 0.4) is 0 Å². The van der Waals surface area contributed by atoms with Crippen LogP contribution >= 0.6 is 0 Å². The van der Waals surface area contributed by atoms with Crippen molar-refractivity contribution in [3.05, 3.63) is 59.7 Å². The lowest BCUT2D eigenvalue weighted by Crippen LogP contribution is -2.14. The van der Waals surface area contributed by atoms with E-state index in [1.807, 2.05) is 37.3 Å². The third-order valence-corrected chi connectivity index (χ3v) is 3.47. The Morgan fingerprint density at radius 2 is 1.70 bits per heavy atom. The lowest BCUT2D eigenvalue weighted by molar-refractivity contribution is 0.110. The monoisotopic (exact) mass is 315 g/mol. The van der Waals surface area contributed by atoms with E-state index in [4.69, 9.17) is 14.2 Å². The molecule has 0 aliphatic heterocycles. The first-order chi connectivity index (χ1) is 11.3. The van der Waals surface area contributed by atoms with Crippen LogP contribution in [0.2, 0.25) is 0 Å². The van der Waals surface area contributed by atoms with Crippen molar-refractivity contribution in [2.24, 2.45) is 0 Å². The van der Waals surface area contributed by atoms with E-state index in [2.05, 4.69) is 23.5 Å². The highest BCUT2D eigenvalue weighted by molar-refractivity contribution is 5.33. The van der Waals surface area contributed by atoms with E-state index in [0.717, 1.165) is 30.2 Å². The topological polar surface area (TPSA) is 39.7 Å². The lowest BCUT2D eigenvalue weighted by atomic mass is 10.2. The number of ether oxygens (including phenoxy) is 3. The first-order valence-electron chi connectivity index (χ1n) is 7.95. The van der Waals surface area contributed by atoms with Gasteiger partial charge in [-0.25, -0.2) is 0 Å². The number of rotatable bonds is 10. The molecule has 0 saturated heterocycles. The van der Waals surface area contributed by atoms with Crippen molar-refractivity contribution < 1.29 is 14.2 Å². The molecule has 0 heterocycles. The zero-order valence-electron chi connectivity index (χ0n) is 13.9. The van der Waals surface area contributed by atoms with E-state index in [-0.39, 0.29) is 0 Å². The first kappa shape index (κ1) is 17.3. The van der Waals surface area contributed by atoms with Crippen molar-refractivity contribution in [2.75, 3.05) is 26.9 Å². The molecule has 2 rings (SSSR count). The van der Waals surface area contributed by atoms with Crippen molar-refractivity contribution in [2.45, 2.75) is 20.0 Å². The molecule has 0 radical (unpaired) electrons. The molecule has 1 N–H and O–H groups in total. The van der Waals surface area contributed by atoms with Crippen molar-refractivity contribution in [3.63, 3.8) is 0 Å². The maximum atomic E-state index is 5.79. The normalized spacial score (nSPS) is 10.5. The van der Waals surface area contributed by atoms with Gasteiger partial charge in [0.15, 0.2) is 0 Å². The maximum absolute atomic E-state index is 5.79. The molecule has 4 nitrogen and oxygen atoms in total. The van der Waals surface area contributed by atoms with Crippen LogP contribution in [0.4, 0.5) is 0 Å². The minimum Gasteiger partial charge on any atom is -0.497 e. The Hall–Kier alpha value is -2.04. The van der Waals surface area contributed by atoms with Crippen molar-refractivity contribution in [1.82, 2.24) is 5.32 Å². The Kier molecular flexibility index (Phi) is 7.43. The van der Waals surface area contributed by atoms with Crippen LogP contribution < -0.4 is 14.8 Å². The van der Waals surface area contributed by atoms with Gasteiger partial charge in [0.25, 0.3) is 0 Å². The van der Waals surface area contributed by atoms with Gasteiger partial charge < -0.3 is 19.5 Å². The second-order valence-corrected chi connectivity index (χ2v) is 5.10. The molecule has 2 aromatic rings. The smallest absolute Gasteiger partial charge is 0.123 e. The number of methoxy groups -OCH3 is 1. The summed E-state index contributed by atoms with van der Waals surface area (Å²) in [6.45, 7) is 5.45. The van der Waals surface area contributed by atoms with Gasteiger partial charge in [0.05, 0.1) is 13.7 Å². The van der Waals surface area contributed by atoms with Crippen molar-refractivity contribution in [3.8, 4) is 11.5 Å². The standard InChI is InChI=1S/C19H25NO3/c1-3-22-12-13-23-19-7-5-4-6-17(19)15-20-14-16-8-10-18(21-2)11-9-16/h4-11,20H,3,12-15H2,1-2H3. The molecular weight excluding hydrogens is 290 g/mol. The van der Waals surface area contributed by atoms with E-state index in [1.165, 1.54) is 5.56 Å². The summed E-state index contributed by atoms with van der Waals surface area (Å²) in [7, 11) is 1.68. The van der Waals surface area contributed by atoms with Crippen LogP contribution in [0.15, 0.2) is 48.5 Å². The van der Waals surface area contributed by atoms with Gasteiger partial charge in [-0.2, -0.15) is 0 Å². The molecule has 0 atom stereocenters. The van der Waals surface area contributed by atoms with Crippen LogP contribution in [0.1, 0.15) is 18.1 Å². The van der Waals surface area contributed by atoms with Gasteiger partial charge in [0.1, 0.15) is 18.1 Å². The van der Waals surface area contributed by atoms with Gasteiger partial charge in [0.2, 0.25) is 0 Å². The SMILES string of the molecule is CCOCCOc1ccccc1CNCc1ccc(OC)cc1. The Morgan fingerprint density at radius 3 is 2.43 bits per heavy atom. The molecule has 0 fully saturated rings. The van der Waals surface area contributed by atoms with Gasteiger partial charge in [-0.05, 0) is 30.7 Å². The van der Waals surface area contributed by atoms with Crippen molar-refractivity contribution in [1.29, 1.82) is 0 Å². The average molecular weight is 315 g/mol. The molecule has 23 heavy (non-hydrogen) atoms. The number of benzene rings is 2. The summed E-state index contributed by atoms with van der Waals surface area (Å²) >= 11 is 0. The molecule has 4 heteroatoms. The van der Waals surface area contributed by atoms with E-state index in [1.54, 1.807) is 7.11 Å². The van der Waals surface area contributed by atoms with E-state index in [0.29, 0.717) is 19.8 Å². The third kappa shape index (κ3) is 5.93. The summed E-state index contributed by atoms with van der Waals surface area (Å²) in [5.41, 5.74) is 2.37. The van der Waals surface area contributed by atoms with Gasteiger partial charge in [-0.3, -0.25) is 0 Å². The molecule has 0 aliphatic carbocycles.